The molecule has 20 heavy (non-hydrogen) atoms. The minimum absolute atomic E-state index is 0.327. The lowest BCUT2D eigenvalue weighted by atomic mass is 9.76. The lowest BCUT2D eigenvalue weighted by Crippen LogP contribution is -2.55. The van der Waals surface area contributed by atoms with Gasteiger partial charge in [0.1, 0.15) is 18.2 Å². The van der Waals surface area contributed by atoms with E-state index in [1.54, 1.807) is 0 Å². The van der Waals surface area contributed by atoms with E-state index in [1.165, 1.54) is 25.6 Å². The number of nitrogens with zero attached hydrogens (tertiary/aromatic N) is 3. The van der Waals surface area contributed by atoms with Gasteiger partial charge in [0.05, 0.1) is 0 Å². The van der Waals surface area contributed by atoms with Gasteiger partial charge in [0.25, 0.3) is 0 Å². The summed E-state index contributed by atoms with van der Waals surface area (Å²) >= 11 is 0. The van der Waals surface area contributed by atoms with Crippen LogP contribution < -0.4 is 4.90 Å². The minimum Gasteiger partial charge on any atom is -0.480 e. The van der Waals surface area contributed by atoms with Gasteiger partial charge in [-0.3, -0.25) is 0 Å². The highest BCUT2D eigenvalue weighted by Crippen LogP contribution is 2.39. The second kappa shape index (κ2) is 5.38. The van der Waals surface area contributed by atoms with Gasteiger partial charge in [0.2, 0.25) is 0 Å². The van der Waals surface area contributed by atoms with E-state index in [4.69, 9.17) is 0 Å². The molecule has 108 valence electrons. The van der Waals surface area contributed by atoms with Gasteiger partial charge < -0.3 is 10.0 Å². The lowest BCUT2D eigenvalue weighted by Gasteiger charge is -2.47. The van der Waals surface area contributed by atoms with E-state index in [1.807, 2.05) is 13.0 Å². The summed E-state index contributed by atoms with van der Waals surface area (Å²) in [5.74, 6) is 0.668. The van der Waals surface area contributed by atoms with E-state index in [-0.39, 0.29) is 0 Å². The zero-order valence-electron chi connectivity index (χ0n) is 11.8. The van der Waals surface area contributed by atoms with Crippen LogP contribution in [-0.4, -0.2) is 33.1 Å². The number of piperidine rings is 1. The predicted octanol–water partition coefficient (Wildman–Crippen LogP) is 2.40. The van der Waals surface area contributed by atoms with E-state index in [0.29, 0.717) is 12.0 Å². The number of aryl methyl sites for hydroxylation is 1. The van der Waals surface area contributed by atoms with Crippen molar-refractivity contribution in [1.82, 2.24) is 9.97 Å². The number of carboxylic acid groups (broad SMARTS) is 1. The number of fused-ring (bicyclic) bond motifs is 1. The number of hydrogen-bond acceptors (Lipinski definition) is 4. The third-order valence-electron chi connectivity index (χ3n) is 4.71. The number of hydrogen-bond donors (Lipinski definition) is 1. The molecule has 1 aromatic heterocycles. The molecular formula is C15H21N3O2. The number of rotatable bonds is 2. The summed E-state index contributed by atoms with van der Waals surface area (Å²) in [4.78, 5) is 22.1. The standard InChI is InChI=1S/C15H21N3O2/c1-10-8-14(17-9-16-10)18-12-5-3-2-4-11(12)6-7-13(18)15(19)20/h8-9,11-13H,2-7H2,1H3,(H,19,20). The van der Waals surface area contributed by atoms with Gasteiger partial charge >= 0.3 is 5.97 Å². The molecule has 0 aromatic carbocycles. The fourth-order valence-electron chi connectivity index (χ4n) is 3.79. The molecular weight excluding hydrogens is 254 g/mol. The Hall–Kier alpha value is -1.65. The van der Waals surface area contributed by atoms with Crippen molar-refractivity contribution in [2.45, 2.75) is 57.5 Å². The molecule has 3 rings (SSSR count). The van der Waals surface area contributed by atoms with E-state index in [0.717, 1.165) is 30.8 Å². The summed E-state index contributed by atoms with van der Waals surface area (Å²) in [5, 5.41) is 9.54. The second-order valence-corrected chi connectivity index (χ2v) is 5.97. The molecule has 0 amide bonds. The Morgan fingerprint density at radius 2 is 2.05 bits per heavy atom. The second-order valence-electron chi connectivity index (χ2n) is 5.97. The molecule has 2 fully saturated rings. The number of anilines is 1. The van der Waals surface area contributed by atoms with Crippen molar-refractivity contribution >= 4 is 11.8 Å². The van der Waals surface area contributed by atoms with Crippen LogP contribution in [0.4, 0.5) is 5.82 Å². The minimum atomic E-state index is -0.731. The van der Waals surface area contributed by atoms with Crippen molar-refractivity contribution in [1.29, 1.82) is 0 Å². The zero-order chi connectivity index (χ0) is 14.1. The van der Waals surface area contributed by atoms with Crippen molar-refractivity contribution in [3.05, 3.63) is 18.1 Å². The van der Waals surface area contributed by atoms with Crippen molar-refractivity contribution in [3.8, 4) is 0 Å². The zero-order valence-corrected chi connectivity index (χ0v) is 11.8. The first-order chi connectivity index (χ1) is 9.66. The summed E-state index contributed by atoms with van der Waals surface area (Å²) in [6.45, 7) is 1.92. The van der Waals surface area contributed by atoms with Crippen LogP contribution in [0.3, 0.4) is 0 Å². The number of aliphatic carboxylic acids is 1. The molecule has 2 aliphatic rings. The molecule has 5 nitrogen and oxygen atoms in total. The van der Waals surface area contributed by atoms with Gasteiger partial charge in [0, 0.05) is 17.8 Å². The molecule has 1 aliphatic heterocycles. The smallest absolute Gasteiger partial charge is 0.326 e. The van der Waals surface area contributed by atoms with Crippen molar-refractivity contribution < 1.29 is 9.90 Å². The lowest BCUT2D eigenvalue weighted by molar-refractivity contribution is -0.139. The molecule has 0 bridgehead atoms. The van der Waals surface area contributed by atoms with E-state index in [2.05, 4.69) is 14.9 Å². The summed E-state index contributed by atoms with van der Waals surface area (Å²) < 4.78 is 0. The first-order valence-corrected chi connectivity index (χ1v) is 7.46. The van der Waals surface area contributed by atoms with Gasteiger partial charge in [0.15, 0.2) is 0 Å². The number of aromatic nitrogens is 2. The summed E-state index contributed by atoms with van der Waals surface area (Å²) in [5.41, 5.74) is 0.886. The maximum atomic E-state index is 11.6. The highest BCUT2D eigenvalue weighted by molar-refractivity contribution is 5.78. The molecule has 1 aromatic rings. The monoisotopic (exact) mass is 275 g/mol. The highest BCUT2D eigenvalue weighted by Gasteiger charge is 2.42. The quantitative estimate of drug-likeness (QED) is 0.897. The summed E-state index contributed by atoms with van der Waals surface area (Å²) in [6, 6.07) is 1.80. The normalized spacial score (nSPS) is 29.9. The molecule has 1 saturated carbocycles. The van der Waals surface area contributed by atoms with Crippen LogP contribution in [0.5, 0.6) is 0 Å². The Balaban J connectivity index is 1.97. The SMILES string of the molecule is Cc1cc(N2C(C(=O)O)CCC3CCCCC32)ncn1. The molecule has 1 N–H and O–H groups in total. The van der Waals surface area contributed by atoms with E-state index < -0.39 is 12.0 Å². The van der Waals surface area contributed by atoms with Crippen LogP contribution in [-0.2, 0) is 4.79 Å². The Kier molecular flexibility index (Phi) is 3.59. The Morgan fingerprint density at radius 3 is 2.80 bits per heavy atom. The fourth-order valence-corrected chi connectivity index (χ4v) is 3.79. The average molecular weight is 275 g/mol. The van der Waals surface area contributed by atoms with Gasteiger partial charge in [-0.05, 0) is 38.5 Å². The number of carbonyl (C=O) groups is 1. The molecule has 3 atom stereocenters. The Morgan fingerprint density at radius 1 is 1.25 bits per heavy atom. The molecule has 0 radical (unpaired) electrons. The maximum absolute atomic E-state index is 11.6. The van der Waals surface area contributed by atoms with Crippen LogP contribution in [0.1, 0.15) is 44.2 Å². The fraction of sp³-hybridized carbons (Fsp3) is 0.667. The summed E-state index contributed by atoms with van der Waals surface area (Å²) in [6.07, 6.45) is 8.05. The van der Waals surface area contributed by atoms with Crippen LogP contribution in [0.15, 0.2) is 12.4 Å². The topological polar surface area (TPSA) is 66.3 Å². The van der Waals surface area contributed by atoms with Gasteiger partial charge in [-0.15, -0.1) is 0 Å². The largest absolute Gasteiger partial charge is 0.480 e. The first-order valence-electron chi connectivity index (χ1n) is 7.46. The average Bonchev–Trinajstić information content (AvgIpc) is 2.46. The van der Waals surface area contributed by atoms with Crippen LogP contribution in [0, 0.1) is 12.8 Å². The first kappa shape index (κ1) is 13.3. The van der Waals surface area contributed by atoms with Gasteiger partial charge in [-0.1, -0.05) is 12.8 Å². The van der Waals surface area contributed by atoms with Crippen molar-refractivity contribution in [2.24, 2.45) is 5.92 Å². The van der Waals surface area contributed by atoms with Crippen molar-refractivity contribution in [2.75, 3.05) is 4.90 Å². The van der Waals surface area contributed by atoms with E-state index in [9.17, 15) is 9.90 Å². The molecule has 5 heteroatoms. The molecule has 1 aliphatic carbocycles. The molecule has 2 heterocycles. The van der Waals surface area contributed by atoms with Crippen molar-refractivity contribution in [3.63, 3.8) is 0 Å². The highest BCUT2D eigenvalue weighted by atomic mass is 16.4. The Labute approximate surface area is 119 Å². The van der Waals surface area contributed by atoms with Gasteiger partial charge in [-0.2, -0.15) is 0 Å². The molecule has 1 saturated heterocycles. The maximum Gasteiger partial charge on any atom is 0.326 e. The molecule has 0 spiro atoms. The third kappa shape index (κ3) is 2.37. The van der Waals surface area contributed by atoms with Crippen LogP contribution in [0.2, 0.25) is 0 Å². The van der Waals surface area contributed by atoms with Crippen LogP contribution >= 0.6 is 0 Å². The van der Waals surface area contributed by atoms with Crippen LogP contribution in [0.25, 0.3) is 0 Å². The molecule has 3 unspecified atom stereocenters. The predicted molar refractivity (Wildman–Crippen MR) is 75.7 cm³/mol. The third-order valence-corrected chi connectivity index (χ3v) is 4.71. The van der Waals surface area contributed by atoms with Gasteiger partial charge in [-0.25, -0.2) is 14.8 Å². The van der Waals surface area contributed by atoms with E-state index >= 15 is 0 Å². The number of carboxylic acids is 1. The Bertz CT molecular complexity index is 506. The summed E-state index contributed by atoms with van der Waals surface area (Å²) in [7, 11) is 0.